The van der Waals surface area contributed by atoms with Gasteiger partial charge in [0, 0.05) is 17.5 Å². The van der Waals surface area contributed by atoms with E-state index in [0.29, 0.717) is 28.6 Å². The van der Waals surface area contributed by atoms with Crippen molar-refractivity contribution in [3.8, 4) is 34.0 Å². The SMILES string of the molecule is O=C(/C=C(\OB1Oc2cc3ccccc3cc2O1)c1ccc(-c2ccccc2)[nH]1)c1ccc(-c2ccccc2)[nH]1. The fourth-order valence-electron chi connectivity index (χ4n) is 4.79. The van der Waals surface area contributed by atoms with Gasteiger partial charge < -0.3 is 23.9 Å². The normalized spacial score (nSPS) is 12.6. The topological polar surface area (TPSA) is 76.3 Å². The number of hydrogen-bond donors (Lipinski definition) is 2. The summed E-state index contributed by atoms with van der Waals surface area (Å²) in [5.41, 5.74) is 4.83. The highest BCUT2D eigenvalue weighted by atomic mass is 16.8. The van der Waals surface area contributed by atoms with E-state index in [1.165, 1.54) is 6.08 Å². The number of allylic oxidation sites excluding steroid dienone is 1. The van der Waals surface area contributed by atoms with Crippen LogP contribution in [0, 0.1) is 0 Å². The molecule has 6 nitrogen and oxygen atoms in total. The van der Waals surface area contributed by atoms with Gasteiger partial charge in [0.25, 0.3) is 0 Å². The van der Waals surface area contributed by atoms with Gasteiger partial charge in [-0.15, -0.1) is 0 Å². The van der Waals surface area contributed by atoms with Crippen LogP contribution in [0.15, 0.2) is 127 Å². The molecule has 0 saturated carbocycles. The number of H-pyrrole nitrogens is 2. The Labute approximate surface area is 231 Å². The van der Waals surface area contributed by atoms with Crippen molar-refractivity contribution in [1.29, 1.82) is 0 Å². The van der Waals surface area contributed by atoms with E-state index in [1.54, 1.807) is 6.07 Å². The number of rotatable bonds is 7. The molecule has 0 radical (unpaired) electrons. The highest BCUT2D eigenvalue weighted by molar-refractivity contribution is 6.41. The summed E-state index contributed by atoms with van der Waals surface area (Å²) in [6.07, 6.45) is 1.45. The zero-order valence-electron chi connectivity index (χ0n) is 21.3. The predicted octanol–water partition coefficient (Wildman–Crippen LogP) is 7.53. The lowest BCUT2D eigenvalue weighted by Gasteiger charge is -2.11. The summed E-state index contributed by atoms with van der Waals surface area (Å²) in [5, 5.41) is 2.07. The maximum absolute atomic E-state index is 13.4. The van der Waals surface area contributed by atoms with Crippen LogP contribution in [-0.4, -0.2) is 23.1 Å². The third-order valence-electron chi connectivity index (χ3n) is 6.82. The molecule has 0 fully saturated rings. The summed E-state index contributed by atoms with van der Waals surface area (Å²) < 4.78 is 18.2. The molecule has 0 saturated heterocycles. The van der Waals surface area contributed by atoms with Crippen molar-refractivity contribution in [3.05, 3.63) is 139 Å². The van der Waals surface area contributed by atoms with Crippen molar-refractivity contribution >= 4 is 29.6 Å². The quantitative estimate of drug-likeness (QED) is 0.0984. The lowest BCUT2D eigenvalue weighted by Crippen LogP contribution is -2.28. The van der Waals surface area contributed by atoms with Crippen LogP contribution in [0.4, 0.5) is 0 Å². The Bertz CT molecular complexity index is 1810. The molecule has 7 rings (SSSR count). The number of nitrogens with one attached hydrogen (secondary N) is 2. The first-order valence-corrected chi connectivity index (χ1v) is 13.0. The maximum atomic E-state index is 13.4. The molecule has 0 spiro atoms. The number of hydrogen-bond acceptors (Lipinski definition) is 4. The summed E-state index contributed by atoms with van der Waals surface area (Å²) in [6.45, 7) is 0. The van der Waals surface area contributed by atoms with E-state index in [0.717, 1.165) is 33.3 Å². The number of ketones is 1. The summed E-state index contributed by atoms with van der Waals surface area (Å²) in [4.78, 5) is 20.0. The summed E-state index contributed by atoms with van der Waals surface area (Å²) in [7, 11) is -1.06. The monoisotopic (exact) mass is 522 g/mol. The Morgan fingerprint density at radius 2 is 1.12 bits per heavy atom. The summed E-state index contributed by atoms with van der Waals surface area (Å²) in [5.74, 6) is 1.23. The zero-order valence-corrected chi connectivity index (χ0v) is 21.3. The number of aromatic nitrogens is 2. The van der Waals surface area contributed by atoms with E-state index in [4.69, 9.17) is 14.0 Å². The number of aromatic amines is 2. The predicted molar refractivity (Wildman–Crippen MR) is 157 cm³/mol. The summed E-state index contributed by atoms with van der Waals surface area (Å²) in [6, 6.07) is 39.1. The van der Waals surface area contributed by atoms with Gasteiger partial charge in [0.05, 0.1) is 11.4 Å². The van der Waals surface area contributed by atoms with Crippen LogP contribution in [0.25, 0.3) is 39.0 Å². The second-order valence-corrected chi connectivity index (χ2v) is 9.46. The number of carbonyl (C=O) groups is 1. The molecule has 2 aromatic heterocycles. The first-order valence-electron chi connectivity index (χ1n) is 13.0. The van der Waals surface area contributed by atoms with Crippen LogP contribution < -0.4 is 9.31 Å². The number of carbonyl (C=O) groups excluding carboxylic acids is 1. The Morgan fingerprint density at radius 3 is 1.70 bits per heavy atom. The molecule has 6 aromatic rings. The van der Waals surface area contributed by atoms with Gasteiger partial charge in [0.1, 0.15) is 17.3 Å². The van der Waals surface area contributed by atoms with Crippen molar-refractivity contribution in [2.45, 2.75) is 0 Å². The largest absolute Gasteiger partial charge is 0.864 e. The van der Waals surface area contributed by atoms with Gasteiger partial charge in [-0.1, -0.05) is 84.9 Å². The van der Waals surface area contributed by atoms with Crippen LogP contribution in [0.3, 0.4) is 0 Å². The molecule has 0 atom stereocenters. The maximum Gasteiger partial charge on any atom is 0.864 e. The second-order valence-electron chi connectivity index (χ2n) is 9.46. The van der Waals surface area contributed by atoms with E-state index >= 15 is 0 Å². The molecular weight excluding hydrogens is 499 g/mol. The first-order chi connectivity index (χ1) is 19.7. The van der Waals surface area contributed by atoms with Gasteiger partial charge in [-0.3, -0.25) is 4.79 Å². The first kappa shape index (κ1) is 23.7. The van der Waals surface area contributed by atoms with Crippen molar-refractivity contribution in [2.24, 2.45) is 0 Å². The van der Waals surface area contributed by atoms with Gasteiger partial charge in [-0.05, 0) is 58.3 Å². The average molecular weight is 522 g/mol. The third kappa shape index (κ3) is 4.65. The van der Waals surface area contributed by atoms with Crippen molar-refractivity contribution < 1.29 is 18.8 Å². The Kier molecular flexibility index (Phi) is 5.94. The van der Waals surface area contributed by atoms with Gasteiger partial charge in [0.2, 0.25) is 5.78 Å². The third-order valence-corrected chi connectivity index (χ3v) is 6.82. The molecule has 0 unspecified atom stereocenters. The molecule has 0 aliphatic carbocycles. The van der Waals surface area contributed by atoms with Gasteiger partial charge in [0.15, 0.2) is 0 Å². The van der Waals surface area contributed by atoms with Crippen LogP contribution >= 0.6 is 0 Å². The molecule has 2 N–H and O–H groups in total. The van der Waals surface area contributed by atoms with Gasteiger partial charge in [-0.2, -0.15) is 0 Å². The fourth-order valence-corrected chi connectivity index (χ4v) is 4.79. The lowest BCUT2D eigenvalue weighted by atomic mass is 10.1. The van der Waals surface area contributed by atoms with Crippen molar-refractivity contribution in [1.82, 2.24) is 9.97 Å². The van der Waals surface area contributed by atoms with Crippen LogP contribution in [0.5, 0.6) is 11.5 Å². The van der Waals surface area contributed by atoms with Crippen LogP contribution in [0.2, 0.25) is 0 Å². The lowest BCUT2D eigenvalue weighted by molar-refractivity contribution is 0.104. The molecule has 1 aliphatic rings. The minimum Gasteiger partial charge on any atom is -0.488 e. The highest BCUT2D eigenvalue weighted by Crippen LogP contribution is 2.38. The minimum atomic E-state index is -1.06. The van der Waals surface area contributed by atoms with Gasteiger partial charge >= 0.3 is 7.32 Å². The molecule has 40 heavy (non-hydrogen) atoms. The molecule has 192 valence electrons. The molecule has 3 heterocycles. The van der Waals surface area contributed by atoms with Crippen molar-refractivity contribution in [3.63, 3.8) is 0 Å². The molecule has 4 aromatic carbocycles. The standard InChI is InChI=1S/C33H23BN2O4/c37-30(28-17-15-26(35-28)22-9-3-1-4-10-22)21-31(29-18-16-27(36-29)23-11-5-2-6-12-23)38-34-39-32-19-24-13-7-8-14-25(24)20-33(32)40-34/h1-21,35-36H/b31-21-. The van der Waals surface area contributed by atoms with Crippen LogP contribution in [0.1, 0.15) is 16.2 Å². The highest BCUT2D eigenvalue weighted by Gasteiger charge is 2.39. The van der Waals surface area contributed by atoms with E-state index in [9.17, 15) is 4.79 Å². The molecular formula is C33H23BN2O4. The summed E-state index contributed by atoms with van der Waals surface area (Å²) >= 11 is 0. The second kappa shape index (κ2) is 10.0. The van der Waals surface area contributed by atoms with E-state index in [2.05, 4.69) is 9.97 Å². The smallest absolute Gasteiger partial charge is 0.488 e. The van der Waals surface area contributed by atoms with Crippen LogP contribution in [-0.2, 0) is 4.65 Å². The van der Waals surface area contributed by atoms with E-state index < -0.39 is 7.32 Å². The molecule has 0 amide bonds. The molecule has 1 aliphatic heterocycles. The molecule has 0 bridgehead atoms. The Morgan fingerprint density at radius 1 is 0.625 bits per heavy atom. The fraction of sp³-hybridized carbons (Fsp3) is 0. The van der Waals surface area contributed by atoms with E-state index in [-0.39, 0.29) is 5.78 Å². The van der Waals surface area contributed by atoms with E-state index in [1.807, 2.05) is 115 Å². The van der Waals surface area contributed by atoms with Crippen molar-refractivity contribution in [2.75, 3.05) is 0 Å². The zero-order chi connectivity index (χ0) is 26.9. The number of benzene rings is 4. The minimum absolute atomic E-state index is 0.241. The van der Waals surface area contributed by atoms with Gasteiger partial charge in [-0.25, -0.2) is 0 Å². The number of fused-ring (bicyclic) bond motifs is 2. The Hall–Kier alpha value is -5.43. The molecule has 7 heteroatoms. The Balaban J connectivity index is 1.20. The average Bonchev–Trinajstić information content (AvgIpc) is 3.76.